The molecule has 0 amide bonds. The molecule has 1 N–H and O–H groups in total. The molecule has 0 radical (unpaired) electrons. The number of phenols is 1. The predicted octanol–water partition coefficient (Wildman–Crippen LogP) is 2.96. The normalized spacial score (nSPS) is 11.1. The maximum Gasteiger partial charge on any atom is 0.143 e. The summed E-state index contributed by atoms with van der Waals surface area (Å²) in [5.41, 5.74) is 3.24. The maximum absolute atomic E-state index is 10.3. The van der Waals surface area contributed by atoms with E-state index in [4.69, 9.17) is 0 Å². The van der Waals surface area contributed by atoms with Gasteiger partial charge in [-0.2, -0.15) is 0 Å². The minimum Gasteiger partial charge on any atom is -0.507 e. The van der Waals surface area contributed by atoms with Crippen molar-refractivity contribution < 1.29 is 5.11 Å². The van der Waals surface area contributed by atoms with Crippen molar-refractivity contribution in [2.75, 3.05) is 18.0 Å². The smallest absolute Gasteiger partial charge is 0.143 e. The largest absolute Gasteiger partial charge is 0.507 e. The first-order chi connectivity index (χ1) is 12.2. The van der Waals surface area contributed by atoms with Crippen molar-refractivity contribution in [3.63, 3.8) is 0 Å². The molecule has 0 aliphatic carbocycles. The van der Waals surface area contributed by atoms with Gasteiger partial charge in [-0.1, -0.05) is 6.07 Å². The summed E-state index contributed by atoms with van der Waals surface area (Å²) in [5, 5.41) is 21.4. The fourth-order valence-electron chi connectivity index (χ4n) is 2.57. The van der Waals surface area contributed by atoms with E-state index in [1.165, 1.54) is 6.33 Å². The summed E-state index contributed by atoms with van der Waals surface area (Å²) in [7, 11) is 0. The molecular weight excluding hydrogens is 316 g/mol. The lowest BCUT2D eigenvalue weighted by molar-refractivity contribution is 0.474. The molecule has 0 saturated carbocycles. The van der Waals surface area contributed by atoms with Crippen LogP contribution < -0.4 is 4.90 Å². The number of hydrogen-bond donors (Lipinski definition) is 1. The number of tetrazole rings is 1. The summed E-state index contributed by atoms with van der Waals surface area (Å²) in [6.45, 7) is 5.97. The van der Waals surface area contributed by atoms with E-state index in [1.54, 1.807) is 17.0 Å². The predicted molar refractivity (Wildman–Crippen MR) is 98.1 cm³/mol. The number of aromatic hydroxyl groups is 1. The van der Waals surface area contributed by atoms with E-state index < -0.39 is 0 Å². The van der Waals surface area contributed by atoms with Gasteiger partial charge in [0.25, 0.3) is 0 Å². The lowest BCUT2D eigenvalue weighted by Crippen LogP contribution is -2.21. The van der Waals surface area contributed by atoms with Gasteiger partial charge in [-0.05, 0) is 54.6 Å². The Morgan fingerprint density at radius 1 is 1.16 bits per heavy atom. The Bertz CT molecular complexity index is 856. The van der Waals surface area contributed by atoms with Crippen LogP contribution in [0.3, 0.4) is 0 Å². The van der Waals surface area contributed by atoms with E-state index in [9.17, 15) is 5.11 Å². The van der Waals surface area contributed by atoms with Gasteiger partial charge in [0.2, 0.25) is 0 Å². The maximum atomic E-state index is 10.3. The lowest BCUT2D eigenvalue weighted by atomic mass is 10.2. The molecule has 1 heterocycles. The number of rotatable bonds is 6. The van der Waals surface area contributed by atoms with Crippen molar-refractivity contribution >= 4 is 17.6 Å². The SMILES string of the molecule is CCN(CC)c1ccc(C=Nc2cccc(-n3cnnn3)c2)c(O)c1. The van der Waals surface area contributed by atoms with Crippen molar-refractivity contribution in [2.45, 2.75) is 13.8 Å². The van der Waals surface area contributed by atoms with Crippen molar-refractivity contribution in [3.8, 4) is 11.4 Å². The molecule has 2 aromatic carbocycles. The highest BCUT2D eigenvalue weighted by atomic mass is 16.3. The summed E-state index contributed by atoms with van der Waals surface area (Å²) in [4.78, 5) is 6.62. The Morgan fingerprint density at radius 3 is 2.68 bits per heavy atom. The molecule has 0 saturated heterocycles. The molecule has 0 aliphatic heterocycles. The minimum atomic E-state index is 0.213. The quantitative estimate of drug-likeness (QED) is 0.700. The molecule has 0 fully saturated rings. The summed E-state index contributed by atoms with van der Waals surface area (Å²) >= 11 is 0. The van der Waals surface area contributed by atoms with E-state index in [0.717, 1.165) is 30.2 Å². The summed E-state index contributed by atoms with van der Waals surface area (Å²) in [6, 6.07) is 13.2. The van der Waals surface area contributed by atoms with Gasteiger partial charge >= 0.3 is 0 Å². The Kier molecular flexibility index (Phi) is 5.03. The third-order valence-electron chi connectivity index (χ3n) is 3.94. The number of aliphatic imine (C=N–C) groups is 1. The van der Waals surface area contributed by atoms with Crippen LogP contribution in [0.25, 0.3) is 5.69 Å². The van der Waals surface area contributed by atoms with Gasteiger partial charge in [-0.15, -0.1) is 5.10 Å². The van der Waals surface area contributed by atoms with Crippen molar-refractivity contribution in [3.05, 3.63) is 54.4 Å². The van der Waals surface area contributed by atoms with Crippen LogP contribution in [-0.4, -0.2) is 44.6 Å². The second kappa shape index (κ2) is 7.57. The van der Waals surface area contributed by atoms with Crippen molar-refractivity contribution in [1.82, 2.24) is 20.2 Å². The molecule has 0 atom stereocenters. The second-order valence-electron chi connectivity index (χ2n) is 5.45. The molecular formula is C18H20N6O. The van der Waals surface area contributed by atoms with Gasteiger partial charge in [0.15, 0.2) is 0 Å². The van der Waals surface area contributed by atoms with Crippen molar-refractivity contribution in [1.29, 1.82) is 0 Å². The molecule has 1 aromatic heterocycles. The Morgan fingerprint density at radius 2 is 2.00 bits per heavy atom. The summed E-state index contributed by atoms with van der Waals surface area (Å²) < 4.78 is 1.56. The summed E-state index contributed by atoms with van der Waals surface area (Å²) in [6.07, 6.45) is 3.18. The first kappa shape index (κ1) is 16.6. The van der Waals surface area contributed by atoms with E-state index >= 15 is 0 Å². The highest BCUT2D eigenvalue weighted by molar-refractivity contribution is 5.86. The van der Waals surface area contributed by atoms with Crippen LogP contribution in [0.5, 0.6) is 5.75 Å². The fourth-order valence-corrected chi connectivity index (χ4v) is 2.57. The number of benzene rings is 2. The second-order valence-corrected chi connectivity index (χ2v) is 5.45. The molecule has 25 heavy (non-hydrogen) atoms. The summed E-state index contributed by atoms with van der Waals surface area (Å²) in [5.74, 6) is 0.213. The number of phenolic OH excluding ortho intramolecular Hbond substituents is 1. The fraction of sp³-hybridized carbons (Fsp3) is 0.222. The van der Waals surface area contributed by atoms with Gasteiger partial charge in [-0.25, -0.2) is 4.68 Å². The minimum absolute atomic E-state index is 0.213. The topological polar surface area (TPSA) is 79.4 Å². The zero-order valence-corrected chi connectivity index (χ0v) is 14.2. The van der Waals surface area contributed by atoms with Crippen LogP contribution in [0.15, 0.2) is 53.8 Å². The Hall–Kier alpha value is -3.22. The first-order valence-corrected chi connectivity index (χ1v) is 8.16. The van der Waals surface area contributed by atoms with Crippen LogP contribution in [-0.2, 0) is 0 Å². The highest BCUT2D eigenvalue weighted by Gasteiger charge is 2.05. The van der Waals surface area contributed by atoms with Crippen LogP contribution >= 0.6 is 0 Å². The van der Waals surface area contributed by atoms with Gasteiger partial charge in [-0.3, -0.25) is 4.99 Å². The van der Waals surface area contributed by atoms with E-state index in [1.807, 2.05) is 36.4 Å². The molecule has 3 aromatic rings. The molecule has 0 unspecified atom stereocenters. The van der Waals surface area contributed by atoms with Gasteiger partial charge in [0.1, 0.15) is 12.1 Å². The number of nitrogens with zero attached hydrogens (tertiary/aromatic N) is 6. The molecule has 7 heteroatoms. The van der Waals surface area contributed by atoms with Crippen LogP contribution in [0.2, 0.25) is 0 Å². The van der Waals surface area contributed by atoms with Crippen LogP contribution in [0.1, 0.15) is 19.4 Å². The Balaban J connectivity index is 1.81. The lowest BCUT2D eigenvalue weighted by Gasteiger charge is -2.21. The molecule has 7 nitrogen and oxygen atoms in total. The number of anilines is 1. The third kappa shape index (κ3) is 3.82. The van der Waals surface area contributed by atoms with Crippen molar-refractivity contribution in [2.24, 2.45) is 4.99 Å². The van der Waals surface area contributed by atoms with E-state index in [-0.39, 0.29) is 5.75 Å². The highest BCUT2D eigenvalue weighted by Crippen LogP contribution is 2.24. The van der Waals surface area contributed by atoms with Crippen LogP contribution in [0, 0.1) is 0 Å². The molecule has 0 spiro atoms. The standard InChI is InChI=1S/C18H20N6O/c1-3-23(4-2)16-9-8-14(18(25)11-16)12-19-15-6-5-7-17(10-15)24-13-20-21-22-24/h5-13,25H,3-4H2,1-2H3. The third-order valence-corrected chi connectivity index (χ3v) is 3.94. The monoisotopic (exact) mass is 336 g/mol. The van der Waals surface area contributed by atoms with E-state index in [0.29, 0.717) is 5.56 Å². The van der Waals surface area contributed by atoms with Gasteiger partial charge in [0, 0.05) is 36.6 Å². The molecule has 128 valence electrons. The van der Waals surface area contributed by atoms with Crippen LogP contribution in [0.4, 0.5) is 11.4 Å². The first-order valence-electron chi connectivity index (χ1n) is 8.16. The number of hydrogen-bond acceptors (Lipinski definition) is 6. The molecule has 3 rings (SSSR count). The van der Waals surface area contributed by atoms with Gasteiger partial charge in [0.05, 0.1) is 11.4 Å². The zero-order chi connectivity index (χ0) is 17.6. The molecule has 0 aliphatic rings. The Labute approximate surface area is 146 Å². The van der Waals surface area contributed by atoms with Gasteiger partial charge < -0.3 is 10.0 Å². The number of aromatic nitrogens is 4. The van der Waals surface area contributed by atoms with E-state index in [2.05, 4.69) is 39.3 Å². The molecule has 0 bridgehead atoms. The zero-order valence-electron chi connectivity index (χ0n) is 14.2. The average molecular weight is 336 g/mol. The average Bonchev–Trinajstić information content (AvgIpc) is 3.17.